The molecule has 3 atom stereocenters. The largest absolute Gasteiger partial charge is 0.389 e. The van der Waals surface area contributed by atoms with Crippen molar-refractivity contribution in [3.8, 4) is 0 Å². The van der Waals surface area contributed by atoms with Crippen molar-refractivity contribution in [1.29, 1.82) is 0 Å². The summed E-state index contributed by atoms with van der Waals surface area (Å²) in [4.78, 5) is 2.40. The lowest BCUT2D eigenvalue weighted by Gasteiger charge is -2.41. The summed E-state index contributed by atoms with van der Waals surface area (Å²) in [6.45, 7) is 6.61. The zero-order valence-electron chi connectivity index (χ0n) is 8.78. The zero-order chi connectivity index (χ0) is 9.97. The Kier molecular flexibility index (Phi) is 3.38. The van der Waals surface area contributed by atoms with E-state index < -0.39 is 0 Å². The number of hydrogen-bond acceptors (Lipinski definition) is 4. The fourth-order valence-electron chi connectivity index (χ4n) is 2.40. The molecule has 0 spiro atoms. The maximum Gasteiger partial charge on any atom is 0.0929 e. The van der Waals surface area contributed by atoms with Gasteiger partial charge in [0.1, 0.15) is 0 Å². The molecule has 0 saturated carbocycles. The normalized spacial score (nSPS) is 41.1. The van der Waals surface area contributed by atoms with E-state index >= 15 is 0 Å². The van der Waals surface area contributed by atoms with Gasteiger partial charge in [-0.05, 0) is 13.3 Å². The first-order valence-corrected chi connectivity index (χ1v) is 5.50. The molecule has 0 aliphatic carbocycles. The second kappa shape index (κ2) is 4.57. The molecule has 0 radical (unpaired) electrons. The number of nitrogens with one attached hydrogen (secondary N) is 1. The van der Waals surface area contributed by atoms with E-state index in [2.05, 4.69) is 17.1 Å². The van der Waals surface area contributed by atoms with Gasteiger partial charge in [0, 0.05) is 38.3 Å². The Morgan fingerprint density at radius 1 is 1.50 bits per heavy atom. The van der Waals surface area contributed by atoms with Crippen molar-refractivity contribution < 1.29 is 9.84 Å². The monoisotopic (exact) mass is 200 g/mol. The zero-order valence-corrected chi connectivity index (χ0v) is 8.78. The third-order valence-electron chi connectivity index (χ3n) is 3.16. The summed E-state index contributed by atoms with van der Waals surface area (Å²) < 4.78 is 5.24. The minimum Gasteiger partial charge on any atom is -0.389 e. The van der Waals surface area contributed by atoms with E-state index in [1.807, 2.05) is 0 Å². The van der Waals surface area contributed by atoms with Gasteiger partial charge in [-0.25, -0.2) is 0 Å². The van der Waals surface area contributed by atoms with E-state index in [4.69, 9.17) is 4.74 Å². The Labute approximate surface area is 85.2 Å². The Balaban J connectivity index is 1.91. The van der Waals surface area contributed by atoms with Crippen LogP contribution in [0, 0.1) is 0 Å². The molecule has 2 heterocycles. The number of rotatable bonds is 1. The highest BCUT2D eigenvalue weighted by Gasteiger charge is 2.31. The van der Waals surface area contributed by atoms with Crippen molar-refractivity contribution in [3.05, 3.63) is 0 Å². The number of aliphatic hydroxyl groups is 1. The summed E-state index contributed by atoms with van der Waals surface area (Å²) in [5.74, 6) is 0. The summed E-state index contributed by atoms with van der Waals surface area (Å²) in [7, 11) is 0. The molecule has 14 heavy (non-hydrogen) atoms. The molecule has 0 amide bonds. The number of aliphatic hydroxyl groups excluding tert-OH is 1. The van der Waals surface area contributed by atoms with Crippen LogP contribution in [-0.2, 0) is 4.74 Å². The minimum atomic E-state index is -0.297. The lowest BCUT2D eigenvalue weighted by molar-refractivity contribution is -0.0693. The highest BCUT2D eigenvalue weighted by molar-refractivity contribution is 4.86. The van der Waals surface area contributed by atoms with Gasteiger partial charge in [0.25, 0.3) is 0 Å². The smallest absolute Gasteiger partial charge is 0.0929 e. The van der Waals surface area contributed by atoms with Crippen molar-refractivity contribution in [2.75, 3.05) is 32.8 Å². The summed E-state index contributed by atoms with van der Waals surface area (Å²) in [5, 5.41) is 13.2. The Morgan fingerprint density at radius 3 is 3.07 bits per heavy atom. The molecule has 0 aromatic rings. The molecule has 4 heteroatoms. The van der Waals surface area contributed by atoms with Gasteiger partial charge in [-0.3, -0.25) is 4.90 Å². The maximum atomic E-state index is 9.82. The maximum absolute atomic E-state index is 9.82. The van der Waals surface area contributed by atoms with Gasteiger partial charge >= 0.3 is 0 Å². The topological polar surface area (TPSA) is 44.7 Å². The highest BCUT2D eigenvalue weighted by atomic mass is 16.5. The molecule has 0 aromatic carbocycles. The Hall–Kier alpha value is -0.160. The van der Waals surface area contributed by atoms with E-state index in [9.17, 15) is 5.11 Å². The van der Waals surface area contributed by atoms with Gasteiger partial charge < -0.3 is 15.2 Å². The van der Waals surface area contributed by atoms with Crippen LogP contribution in [-0.4, -0.2) is 61.0 Å². The first-order valence-electron chi connectivity index (χ1n) is 5.50. The van der Waals surface area contributed by atoms with Crippen molar-refractivity contribution in [3.63, 3.8) is 0 Å². The van der Waals surface area contributed by atoms with Gasteiger partial charge in [0.05, 0.1) is 12.7 Å². The van der Waals surface area contributed by atoms with E-state index in [0.717, 1.165) is 32.7 Å². The van der Waals surface area contributed by atoms with Crippen molar-refractivity contribution >= 4 is 0 Å². The van der Waals surface area contributed by atoms with Gasteiger partial charge in [0.15, 0.2) is 0 Å². The third-order valence-corrected chi connectivity index (χ3v) is 3.16. The van der Waals surface area contributed by atoms with E-state index in [-0.39, 0.29) is 6.10 Å². The van der Waals surface area contributed by atoms with Crippen LogP contribution < -0.4 is 5.32 Å². The predicted octanol–water partition coefficient (Wildman–Crippen LogP) is -0.570. The van der Waals surface area contributed by atoms with E-state index in [0.29, 0.717) is 18.7 Å². The average Bonchev–Trinajstić information content (AvgIpc) is 2.18. The van der Waals surface area contributed by atoms with Crippen LogP contribution in [0.15, 0.2) is 0 Å². The molecular formula is C10H20N2O2. The molecule has 2 saturated heterocycles. The van der Waals surface area contributed by atoms with Gasteiger partial charge in [-0.2, -0.15) is 0 Å². The second-order valence-corrected chi connectivity index (χ2v) is 4.35. The van der Waals surface area contributed by atoms with Crippen LogP contribution in [0.1, 0.15) is 13.3 Å². The second-order valence-electron chi connectivity index (χ2n) is 4.35. The molecule has 3 unspecified atom stereocenters. The lowest BCUT2D eigenvalue weighted by atomic mass is 10.0. The molecule has 82 valence electrons. The molecule has 2 N–H and O–H groups in total. The van der Waals surface area contributed by atoms with Crippen LogP contribution >= 0.6 is 0 Å². The van der Waals surface area contributed by atoms with Crippen LogP contribution in [0.2, 0.25) is 0 Å². The van der Waals surface area contributed by atoms with Gasteiger partial charge in [0.2, 0.25) is 0 Å². The predicted molar refractivity (Wildman–Crippen MR) is 54.3 cm³/mol. The first-order chi connectivity index (χ1) is 6.77. The molecule has 2 rings (SSSR count). The molecule has 0 bridgehead atoms. The van der Waals surface area contributed by atoms with Crippen LogP contribution in [0.25, 0.3) is 0 Å². The minimum absolute atomic E-state index is 0.297. The number of ether oxygens (including phenoxy) is 1. The molecule has 2 fully saturated rings. The summed E-state index contributed by atoms with van der Waals surface area (Å²) in [5.41, 5.74) is 0. The van der Waals surface area contributed by atoms with Crippen LogP contribution in [0.5, 0.6) is 0 Å². The SMILES string of the molecule is CC1CN(C2CCOCC2O)CCN1. The van der Waals surface area contributed by atoms with E-state index in [1.54, 1.807) is 0 Å². The van der Waals surface area contributed by atoms with Gasteiger partial charge in [-0.1, -0.05) is 0 Å². The molecule has 2 aliphatic heterocycles. The fourth-order valence-corrected chi connectivity index (χ4v) is 2.40. The fraction of sp³-hybridized carbons (Fsp3) is 1.00. The first kappa shape index (κ1) is 10.4. The highest BCUT2D eigenvalue weighted by Crippen LogP contribution is 2.16. The van der Waals surface area contributed by atoms with Crippen LogP contribution in [0.4, 0.5) is 0 Å². The Bertz CT molecular complexity index is 189. The van der Waals surface area contributed by atoms with Crippen molar-refractivity contribution in [1.82, 2.24) is 10.2 Å². The van der Waals surface area contributed by atoms with Gasteiger partial charge in [-0.15, -0.1) is 0 Å². The number of hydrogen-bond donors (Lipinski definition) is 2. The standard InChI is InChI=1S/C10H20N2O2/c1-8-6-12(4-3-11-8)9-2-5-14-7-10(9)13/h8-11,13H,2-7H2,1H3. The van der Waals surface area contributed by atoms with Crippen molar-refractivity contribution in [2.45, 2.75) is 31.5 Å². The quantitative estimate of drug-likeness (QED) is 0.595. The molecule has 4 nitrogen and oxygen atoms in total. The number of nitrogens with zero attached hydrogens (tertiary/aromatic N) is 1. The Morgan fingerprint density at radius 2 is 2.36 bits per heavy atom. The molecular weight excluding hydrogens is 180 g/mol. The van der Waals surface area contributed by atoms with E-state index in [1.165, 1.54) is 0 Å². The summed E-state index contributed by atoms with van der Waals surface area (Å²) in [6.07, 6.45) is 0.669. The lowest BCUT2D eigenvalue weighted by Crippen LogP contribution is -2.57. The molecule has 2 aliphatic rings. The number of piperazine rings is 1. The average molecular weight is 200 g/mol. The summed E-state index contributed by atoms with van der Waals surface area (Å²) in [6, 6.07) is 0.854. The summed E-state index contributed by atoms with van der Waals surface area (Å²) >= 11 is 0. The molecule has 0 aromatic heterocycles. The third kappa shape index (κ3) is 2.25. The van der Waals surface area contributed by atoms with Crippen molar-refractivity contribution in [2.24, 2.45) is 0 Å². The van der Waals surface area contributed by atoms with Crippen LogP contribution in [0.3, 0.4) is 0 Å².